The number of nitriles is 1. The molecular formula is C23H21N5O5. The summed E-state index contributed by atoms with van der Waals surface area (Å²) in [5.74, 6) is 0.163. The van der Waals surface area contributed by atoms with Gasteiger partial charge in [-0.3, -0.25) is 9.78 Å². The number of benzene rings is 1. The van der Waals surface area contributed by atoms with E-state index in [1.54, 1.807) is 31.2 Å². The molecule has 0 aliphatic carbocycles. The summed E-state index contributed by atoms with van der Waals surface area (Å²) in [4.78, 5) is 17.1. The van der Waals surface area contributed by atoms with Crippen molar-refractivity contribution in [3.05, 3.63) is 70.5 Å². The van der Waals surface area contributed by atoms with Crippen molar-refractivity contribution < 1.29 is 23.7 Å². The van der Waals surface area contributed by atoms with E-state index in [1.807, 2.05) is 0 Å². The summed E-state index contributed by atoms with van der Waals surface area (Å²) < 4.78 is 23.3. The largest absolute Gasteiger partial charge is 0.493 e. The van der Waals surface area contributed by atoms with Crippen LogP contribution in [0.4, 0.5) is 0 Å². The van der Waals surface area contributed by atoms with Gasteiger partial charge in [-0.25, -0.2) is 0 Å². The van der Waals surface area contributed by atoms with E-state index in [0.717, 1.165) is 4.68 Å². The van der Waals surface area contributed by atoms with Crippen LogP contribution >= 0.6 is 0 Å². The Kier molecular flexibility index (Phi) is 5.62. The minimum atomic E-state index is -0.675. The second kappa shape index (κ2) is 8.55. The molecule has 2 N–H and O–H groups in total. The summed E-state index contributed by atoms with van der Waals surface area (Å²) >= 11 is 0. The highest BCUT2D eigenvalue weighted by Crippen LogP contribution is 2.48. The van der Waals surface area contributed by atoms with Crippen molar-refractivity contribution in [2.24, 2.45) is 5.73 Å². The molecule has 1 aliphatic rings. The van der Waals surface area contributed by atoms with Crippen molar-refractivity contribution in [3.63, 3.8) is 0 Å². The Bertz CT molecular complexity index is 1280. The molecular weight excluding hydrogens is 426 g/mol. The highest BCUT2D eigenvalue weighted by atomic mass is 16.5. The molecule has 1 unspecified atom stereocenters. The number of nitrogens with zero attached hydrogens (tertiary/aromatic N) is 4. The lowest BCUT2D eigenvalue weighted by Crippen LogP contribution is -2.24. The first-order valence-corrected chi connectivity index (χ1v) is 9.86. The summed E-state index contributed by atoms with van der Waals surface area (Å²) in [7, 11) is 4.51. The number of aromatic nitrogens is 3. The molecule has 0 saturated heterocycles. The molecule has 0 bridgehead atoms. The van der Waals surface area contributed by atoms with Crippen LogP contribution in [0.1, 0.15) is 33.1 Å². The van der Waals surface area contributed by atoms with E-state index in [0.29, 0.717) is 39.6 Å². The second-order valence-corrected chi connectivity index (χ2v) is 7.14. The van der Waals surface area contributed by atoms with Gasteiger partial charge >= 0.3 is 0 Å². The quantitative estimate of drug-likeness (QED) is 0.626. The zero-order chi connectivity index (χ0) is 23.7. The fraction of sp³-hybridized carbons (Fsp3) is 0.217. The van der Waals surface area contributed by atoms with Crippen molar-refractivity contribution in [3.8, 4) is 29.2 Å². The third-order valence-electron chi connectivity index (χ3n) is 5.37. The average molecular weight is 447 g/mol. The summed E-state index contributed by atoms with van der Waals surface area (Å²) in [5, 5.41) is 14.3. The van der Waals surface area contributed by atoms with Crippen molar-refractivity contribution >= 4 is 5.91 Å². The Hall–Kier alpha value is -4.52. The maximum Gasteiger partial charge on any atom is 0.281 e. The molecule has 10 nitrogen and oxygen atoms in total. The first kappa shape index (κ1) is 21.7. The Morgan fingerprint density at radius 2 is 1.79 bits per heavy atom. The molecule has 1 atom stereocenters. The van der Waals surface area contributed by atoms with Crippen LogP contribution in [0.15, 0.2) is 48.1 Å². The number of aryl methyl sites for hydroxylation is 1. The Balaban J connectivity index is 1.94. The number of ether oxygens (including phenoxy) is 4. The molecule has 0 radical (unpaired) electrons. The minimum Gasteiger partial charge on any atom is -0.493 e. The van der Waals surface area contributed by atoms with Gasteiger partial charge in [0, 0.05) is 18.0 Å². The normalized spacial score (nSPS) is 14.7. The number of carbonyl (C=O) groups excluding carboxylic acids is 1. The molecule has 3 heterocycles. The number of hydrogen-bond acceptors (Lipinski definition) is 9. The van der Waals surface area contributed by atoms with E-state index in [1.165, 1.54) is 33.7 Å². The Morgan fingerprint density at radius 1 is 1.15 bits per heavy atom. The summed E-state index contributed by atoms with van der Waals surface area (Å²) in [6, 6.07) is 8.74. The maximum atomic E-state index is 13.1. The fourth-order valence-electron chi connectivity index (χ4n) is 3.87. The van der Waals surface area contributed by atoms with Crippen LogP contribution in [0.5, 0.6) is 23.1 Å². The van der Waals surface area contributed by atoms with Crippen LogP contribution in [-0.2, 0) is 0 Å². The average Bonchev–Trinajstić information content (AvgIpc) is 3.17. The standard InChI is InChI=1S/C23H21N5O5/c1-12-18-19(14-9-16(30-2)20(32-4)17(10-14)31-3)15(11-24)21(25)33-23(18)28(27-12)22(29)13-5-7-26-8-6-13/h5-10,19H,25H2,1-4H3. The van der Waals surface area contributed by atoms with E-state index < -0.39 is 11.8 Å². The zero-order valence-electron chi connectivity index (χ0n) is 18.4. The van der Waals surface area contributed by atoms with Gasteiger partial charge in [0.1, 0.15) is 11.6 Å². The molecule has 4 rings (SSSR count). The first-order chi connectivity index (χ1) is 15.9. The van der Waals surface area contributed by atoms with Crippen molar-refractivity contribution in [1.29, 1.82) is 5.26 Å². The lowest BCUT2D eigenvalue weighted by Gasteiger charge is -2.25. The number of pyridine rings is 1. The third kappa shape index (κ3) is 3.49. The van der Waals surface area contributed by atoms with E-state index in [9.17, 15) is 10.1 Å². The number of carbonyl (C=O) groups is 1. The van der Waals surface area contributed by atoms with Crippen LogP contribution < -0.4 is 24.7 Å². The number of hydrogen-bond donors (Lipinski definition) is 1. The highest BCUT2D eigenvalue weighted by molar-refractivity contribution is 5.96. The molecule has 0 amide bonds. The molecule has 3 aromatic rings. The van der Waals surface area contributed by atoms with E-state index in [-0.39, 0.29) is 17.3 Å². The van der Waals surface area contributed by atoms with Crippen molar-refractivity contribution in [2.75, 3.05) is 21.3 Å². The van der Waals surface area contributed by atoms with Gasteiger partial charge in [0.2, 0.25) is 17.5 Å². The van der Waals surface area contributed by atoms with Crippen LogP contribution in [0.25, 0.3) is 0 Å². The Morgan fingerprint density at radius 3 is 2.33 bits per heavy atom. The number of rotatable bonds is 5. The van der Waals surface area contributed by atoms with Crippen LogP contribution in [0, 0.1) is 18.3 Å². The van der Waals surface area contributed by atoms with Gasteiger partial charge in [0.15, 0.2) is 11.5 Å². The lowest BCUT2D eigenvalue weighted by atomic mass is 9.84. The molecule has 0 saturated carbocycles. The SMILES string of the molecule is COc1cc(C2C(C#N)=C(N)Oc3c2c(C)nn3C(=O)c2ccncc2)cc(OC)c1OC. The molecule has 0 fully saturated rings. The van der Waals surface area contributed by atoms with E-state index in [4.69, 9.17) is 24.7 Å². The molecule has 1 aliphatic heterocycles. The molecule has 33 heavy (non-hydrogen) atoms. The minimum absolute atomic E-state index is 0.118. The first-order valence-electron chi connectivity index (χ1n) is 9.86. The molecule has 1 aromatic carbocycles. The third-order valence-corrected chi connectivity index (χ3v) is 5.37. The number of allylic oxidation sites excluding steroid dienone is 1. The van der Waals surface area contributed by atoms with Gasteiger partial charge in [-0.1, -0.05) is 0 Å². The zero-order valence-corrected chi connectivity index (χ0v) is 18.4. The molecule has 168 valence electrons. The summed E-state index contributed by atoms with van der Waals surface area (Å²) in [6.07, 6.45) is 3.02. The van der Waals surface area contributed by atoms with Crippen LogP contribution in [-0.4, -0.2) is 42.0 Å². The Labute approximate surface area is 189 Å². The van der Waals surface area contributed by atoms with Crippen LogP contribution in [0.2, 0.25) is 0 Å². The predicted molar refractivity (Wildman–Crippen MR) is 116 cm³/mol. The fourth-order valence-corrected chi connectivity index (χ4v) is 3.87. The highest BCUT2D eigenvalue weighted by Gasteiger charge is 2.38. The summed E-state index contributed by atoms with van der Waals surface area (Å²) in [5.41, 5.74) is 8.36. The maximum absolute atomic E-state index is 13.1. The van der Waals surface area contributed by atoms with Gasteiger partial charge in [-0.15, -0.1) is 0 Å². The lowest BCUT2D eigenvalue weighted by molar-refractivity contribution is 0.0933. The smallest absolute Gasteiger partial charge is 0.281 e. The van der Waals surface area contributed by atoms with E-state index in [2.05, 4.69) is 16.2 Å². The van der Waals surface area contributed by atoms with Gasteiger partial charge in [0.25, 0.3) is 5.91 Å². The van der Waals surface area contributed by atoms with Crippen LogP contribution in [0.3, 0.4) is 0 Å². The van der Waals surface area contributed by atoms with Gasteiger partial charge in [-0.2, -0.15) is 15.0 Å². The van der Waals surface area contributed by atoms with Gasteiger partial charge in [-0.05, 0) is 36.8 Å². The molecule has 2 aromatic heterocycles. The van der Waals surface area contributed by atoms with Crippen molar-refractivity contribution in [1.82, 2.24) is 14.8 Å². The van der Waals surface area contributed by atoms with Gasteiger partial charge < -0.3 is 24.7 Å². The van der Waals surface area contributed by atoms with Crippen molar-refractivity contribution in [2.45, 2.75) is 12.8 Å². The molecule has 10 heteroatoms. The second-order valence-electron chi connectivity index (χ2n) is 7.14. The monoisotopic (exact) mass is 447 g/mol. The number of nitrogens with two attached hydrogens (primary N) is 1. The van der Waals surface area contributed by atoms with Gasteiger partial charge in [0.05, 0.1) is 38.5 Å². The topological polar surface area (TPSA) is 135 Å². The predicted octanol–water partition coefficient (Wildman–Crippen LogP) is 2.52. The number of fused-ring (bicyclic) bond motifs is 1. The number of methoxy groups -OCH3 is 3. The summed E-state index contributed by atoms with van der Waals surface area (Å²) in [6.45, 7) is 1.74. The van der Waals surface area contributed by atoms with E-state index >= 15 is 0 Å². The molecule has 0 spiro atoms.